The second-order valence-electron chi connectivity index (χ2n) is 5.37. The van der Waals surface area contributed by atoms with Gasteiger partial charge in [-0.2, -0.15) is 0 Å². The third kappa shape index (κ3) is 3.05. The fraction of sp³-hybridized carbons (Fsp3) is 0.312. The number of aromatic nitrogens is 1. The zero-order valence-electron chi connectivity index (χ0n) is 12.8. The van der Waals surface area contributed by atoms with Crippen molar-refractivity contribution in [2.24, 2.45) is 5.73 Å². The van der Waals surface area contributed by atoms with Crippen molar-refractivity contribution in [2.45, 2.75) is 25.8 Å². The van der Waals surface area contributed by atoms with E-state index in [1.807, 2.05) is 4.90 Å². The standard InChI is InChI=1S/C16H18N4O2S/c1-2-12-10-7-9-23-13(10)6-8-20(12)16(22)19-14-5-3-4-11(18-14)15(17)21/h3-5,7,9,12H,2,6,8H2,1H3,(H2,17,21)(H,18,19,22). The van der Waals surface area contributed by atoms with Crippen LogP contribution in [0.25, 0.3) is 0 Å². The van der Waals surface area contributed by atoms with Crippen LogP contribution >= 0.6 is 11.3 Å². The molecule has 0 spiro atoms. The second kappa shape index (κ2) is 6.37. The van der Waals surface area contributed by atoms with E-state index in [1.54, 1.807) is 23.5 Å². The Morgan fingerprint density at radius 2 is 2.26 bits per heavy atom. The van der Waals surface area contributed by atoms with Crippen molar-refractivity contribution >= 4 is 29.1 Å². The summed E-state index contributed by atoms with van der Waals surface area (Å²) in [6.45, 7) is 2.75. The molecule has 3 amide bonds. The lowest BCUT2D eigenvalue weighted by atomic mass is 9.98. The summed E-state index contributed by atoms with van der Waals surface area (Å²) in [6.07, 6.45) is 1.72. The average molecular weight is 330 g/mol. The van der Waals surface area contributed by atoms with E-state index < -0.39 is 5.91 Å². The van der Waals surface area contributed by atoms with Crippen LogP contribution in [0.15, 0.2) is 29.6 Å². The fourth-order valence-electron chi connectivity index (χ4n) is 2.90. The molecular formula is C16H18N4O2S. The first-order chi connectivity index (χ1) is 11.1. The highest BCUT2D eigenvalue weighted by atomic mass is 32.1. The minimum absolute atomic E-state index is 0.0734. The van der Waals surface area contributed by atoms with Crippen molar-refractivity contribution in [3.05, 3.63) is 45.8 Å². The van der Waals surface area contributed by atoms with E-state index in [0.717, 1.165) is 12.8 Å². The van der Waals surface area contributed by atoms with Crippen molar-refractivity contribution in [1.29, 1.82) is 0 Å². The number of anilines is 1. The minimum atomic E-state index is -0.617. The van der Waals surface area contributed by atoms with Gasteiger partial charge in [-0.15, -0.1) is 11.3 Å². The van der Waals surface area contributed by atoms with Crippen LogP contribution in [-0.4, -0.2) is 28.4 Å². The molecule has 0 aromatic carbocycles. The summed E-state index contributed by atoms with van der Waals surface area (Å²) in [7, 11) is 0. The predicted molar refractivity (Wildman–Crippen MR) is 89.5 cm³/mol. The monoisotopic (exact) mass is 330 g/mol. The van der Waals surface area contributed by atoms with E-state index in [9.17, 15) is 9.59 Å². The highest BCUT2D eigenvalue weighted by Crippen LogP contribution is 2.35. The molecule has 0 saturated heterocycles. The number of fused-ring (bicyclic) bond motifs is 1. The van der Waals surface area contributed by atoms with Gasteiger partial charge in [-0.3, -0.25) is 10.1 Å². The maximum Gasteiger partial charge on any atom is 0.323 e. The molecule has 1 aliphatic rings. The van der Waals surface area contributed by atoms with Gasteiger partial charge in [0.2, 0.25) is 0 Å². The van der Waals surface area contributed by atoms with E-state index in [0.29, 0.717) is 12.4 Å². The number of carbonyl (C=O) groups is 2. The van der Waals surface area contributed by atoms with Gasteiger partial charge >= 0.3 is 6.03 Å². The lowest BCUT2D eigenvalue weighted by Gasteiger charge is -2.35. The predicted octanol–water partition coefficient (Wildman–Crippen LogP) is 2.78. The van der Waals surface area contributed by atoms with Crippen molar-refractivity contribution < 1.29 is 9.59 Å². The first-order valence-corrected chi connectivity index (χ1v) is 8.39. The van der Waals surface area contributed by atoms with E-state index in [-0.39, 0.29) is 17.8 Å². The summed E-state index contributed by atoms with van der Waals surface area (Å²) in [5.41, 5.74) is 6.58. The number of rotatable bonds is 3. The number of primary amides is 1. The smallest absolute Gasteiger partial charge is 0.323 e. The summed E-state index contributed by atoms with van der Waals surface area (Å²) >= 11 is 1.75. The molecule has 6 nitrogen and oxygen atoms in total. The van der Waals surface area contributed by atoms with Crippen molar-refractivity contribution in [1.82, 2.24) is 9.88 Å². The van der Waals surface area contributed by atoms with E-state index in [4.69, 9.17) is 5.73 Å². The molecule has 0 fully saturated rings. The lowest BCUT2D eigenvalue weighted by Crippen LogP contribution is -2.42. The molecule has 0 aliphatic carbocycles. The fourth-order valence-corrected chi connectivity index (χ4v) is 3.83. The van der Waals surface area contributed by atoms with Gasteiger partial charge in [0.05, 0.1) is 6.04 Å². The molecule has 3 rings (SSSR count). The molecule has 3 N–H and O–H groups in total. The number of pyridine rings is 1. The van der Waals surface area contributed by atoms with Gasteiger partial charge in [0.1, 0.15) is 11.5 Å². The Kier molecular flexibility index (Phi) is 4.29. The molecule has 2 aromatic rings. The van der Waals surface area contributed by atoms with E-state index in [2.05, 4.69) is 28.7 Å². The van der Waals surface area contributed by atoms with Crippen LogP contribution < -0.4 is 11.1 Å². The number of hydrogen-bond acceptors (Lipinski definition) is 4. The van der Waals surface area contributed by atoms with Crippen LogP contribution in [0.2, 0.25) is 0 Å². The molecule has 1 unspecified atom stereocenters. The van der Waals surface area contributed by atoms with Gasteiger partial charge in [-0.05, 0) is 42.0 Å². The average Bonchev–Trinajstić information content (AvgIpc) is 3.02. The summed E-state index contributed by atoms with van der Waals surface area (Å²) in [5, 5.41) is 4.84. The highest BCUT2D eigenvalue weighted by molar-refractivity contribution is 7.10. The largest absolute Gasteiger partial charge is 0.364 e. The first kappa shape index (κ1) is 15.5. The Morgan fingerprint density at radius 1 is 1.43 bits per heavy atom. The van der Waals surface area contributed by atoms with Gasteiger partial charge in [-0.25, -0.2) is 9.78 Å². The van der Waals surface area contributed by atoms with Gasteiger partial charge < -0.3 is 10.6 Å². The third-order valence-corrected chi connectivity index (χ3v) is 4.98. The maximum atomic E-state index is 12.6. The molecule has 1 aliphatic heterocycles. The Balaban J connectivity index is 1.78. The third-order valence-electron chi connectivity index (χ3n) is 3.98. The number of nitrogens with one attached hydrogen (secondary N) is 1. The van der Waals surface area contributed by atoms with Gasteiger partial charge in [0.25, 0.3) is 5.91 Å². The summed E-state index contributed by atoms with van der Waals surface area (Å²) in [6, 6.07) is 6.77. The Hall–Kier alpha value is -2.41. The number of carbonyl (C=O) groups excluding carboxylic acids is 2. The number of amides is 3. The molecular weight excluding hydrogens is 312 g/mol. The van der Waals surface area contributed by atoms with Crippen LogP contribution in [0.3, 0.4) is 0 Å². The zero-order chi connectivity index (χ0) is 16.4. The van der Waals surface area contributed by atoms with Crippen LogP contribution in [-0.2, 0) is 6.42 Å². The van der Waals surface area contributed by atoms with Crippen molar-refractivity contribution in [3.63, 3.8) is 0 Å². The summed E-state index contributed by atoms with van der Waals surface area (Å²) < 4.78 is 0. The summed E-state index contributed by atoms with van der Waals surface area (Å²) in [5.74, 6) is -0.286. The van der Waals surface area contributed by atoms with Gasteiger partial charge in [-0.1, -0.05) is 13.0 Å². The van der Waals surface area contributed by atoms with Gasteiger partial charge in [0.15, 0.2) is 0 Å². The first-order valence-electron chi connectivity index (χ1n) is 7.51. The van der Waals surface area contributed by atoms with Crippen molar-refractivity contribution in [3.8, 4) is 0 Å². The Labute approximate surface area is 138 Å². The maximum absolute atomic E-state index is 12.6. The van der Waals surface area contributed by atoms with Crippen LogP contribution in [0, 0.1) is 0 Å². The quantitative estimate of drug-likeness (QED) is 0.907. The second-order valence-corrected chi connectivity index (χ2v) is 6.37. The topological polar surface area (TPSA) is 88.3 Å². The molecule has 23 heavy (non-hydrogen) atoms. The molecule has 0 bridgehead atoms. The SMILES string of the molecule is CCC1c2ccsc2CCN1C(=O)Nc1cccc(C(N)=O)n1. The molecule has 3 heterocycles. The number of nitrogens with zero attached hydrogens (tertiary/aromatic N) is 2. The Bertz CT molecular complexity index is 743. The number of thiophene rings is 1. The summed E-state index contributed by atoms with van der Waals surface area (Å²) in [4.78, 5) is 31.0. The number of nitrogens with two attached hydrogens (primary N) is 1. The van der Waals surface area contributed by atoms with Gasteiger partial charge in [0, 0.05) is 11.4 Å². The number of hydrogen-bond donors (Lipinski definition) is 2. The molecule has 120 valence electrons. The molecule has 0 radical (unpaired) electrons. The Morgan fingerprint density at radius 3 is 3.00 bits per heavy atom. The molecule has 0 saturated carbocycles. The van der Waals surface area contributed by atoms with E-state index >= 15 is 0 Å². The highest BCUT2D eigenvalue weighted by Gasteiger charge is 2.30. The molecule has 2 aromatic heterocycles. The molecule has 7 heteroatoms. The lowest BCUT2D eigenvalue weighted by molar-refractivity contribution is 0.0995. The van der Waals surface area contributed by atoms with E-state index in [1.165, 1.54) is 16.5 Å². The number of urea groups is 1. The zero-order valence-corrected chi connectivity index (χ0v) is 13.6. The van der Waals surface area contributed by atoms with Crippen LogP contribution in [0.5, 0.6) is 0 Å². The van der Waals surface area contributed by atoms with Crippen molar-refractivity contribution in [2.75, 3.05) is 11.9 Å². The normalized spacial score (nSPS) is 16.7. The van der Waals surface area contributed by atoms with Crippen LogP contribution in [0.1, 0.15) is 40.3 Å². The molecule has 1 atom stereocenters. The van der Waals surface area contributed by atoms with Crippen LogP contribution in [0.4, 0.5) is 10.6 Å². The minimum Gasteiger partial charge on any atom is -0.364 e.